The van der Waals surface area contributed by atoms with Gasteiger partial charge < -0.3 is 4.90 Å². The Balaban J connectivity index is 2.10. The number of likely N-dealkylation sites (tertiary alicyclic amines) is 1. The van der Waals surface area contributed by atoms with Crippen molar-refractivity contribution in [1.29, 1.82) is 5.26 Å². The molecule has 0 amide bonds. The van der Waals surface area contributed by atoms with E-state index in [0.717, 1.165) is 12.1 Å². The summed E-state index contributed by atoms with van der Waals surface area (Å²) in [4.78, 5) is 2.59. The van der Waals surface area contributed by atoms with Gasteiger partial charge in [-0.15, -0.1) is 0 Å². The fourth-order valence-electron chi connectivity index (χ4n) is 2.80. The standard InChI is InChI=1S/C16H22N2/c1-3-13(2)18-9-5-8-16(12-18)15-7-4-6-14(10-15)11-17/h4,6-7,10,13,16H,3,5,8-9,12H2,1-2H3/t13-,16-/m0/s1. The van der Waals surface area contributed by atoms with Gasteiger partial charge in [0.15, 0.2) is 0 Å². The number of benzene rings is 1. The van der Waals surface area contributed by atoms with Gasteiger partial charge in [0.2, 0.25) is 0 Å². The Morgan fingerprint density at radius 3 is 3.06 bits per heavy atom. The first-order valence-corrected chi connectivity index (χ1v) is 6.98. The average molecular weight is 242 g/mol. The Morgan fingerprint density at radius 1 is 1.50 bits per heavy atom. The Kier molecular flexibility index (Phi) is 4.38. The average Bonchev–Trinajstić information content (AvgIpc) is 2.46. The number of hydrogen-bond acceptors (Lipinski definition) is 2. The zero-order valence-electron chi connectivity index (χ0n) is 11.4. The van der Waals surface area contributed by atoms with Crippen molar-refractivity contribution in [3.8, 4) is 6.07 Å². The van der Waals surface area contributed by atoms with Crippen molar-refractivity contribution in [1.82, 2.24) is 4.90 Å². The highest BCUT2D eigenvalue weighted by molar-refractivity contribution is 5.34. The highest BCUT2D eigenvalue weighted by Crippen LogP contribution is 2.28. The summed E-state index contributed by atoms with van der Waals surface area (Å²) in [7, 11) is 0. The maximum atomic E-state index is 8.98. The van der Waals surface area contributed by atoms with Gasteiger partial charge in [-0.2, -0.15) is 5.26 Å². The van der Waals surface area contributed by atoms with E-state index >= 15 is 0 Å². The van der Waals surface area contributed by atoms with Crippen LogP contribution in [-0.4, -0.2) is 24.0 Å². The SMILES string of the molecule is CC[C@H](C)N1CCC[C@H](c2cccc(C#N)c2)C1. The van der Waals surface area contributed by atoms with Crippen LogP contribution in [0.2, 0.25) is 0 Å². The maximum absolute atomic E-state index is 8.98. The molecule has 1 aliphatic rings. The summed E-state index contributed by atoms with van der Waals surface area (Å²) >= 11 is 0. The van der Waals surface area contributed by atoms with E-state index in [9.17, 15) is 0 Å². The number of nitriles is 1. The van der Waals surface area contributed by atoms with Gasteiger partial charge in [-0.25, -0.2) is 0 Å². The molecule has 0 spiro atoms. The van der Waals surface area contributed by atoms with Crippen molar-refractivity contribution in [3.63, 3.8) is 0 Å². The number of rotatable bonds is 3. The minimum Gasteiger partial charge on any atom is -0.300 e. The smallest absolute Gasteiger partial charge is 0.0991 e. The molecule has 1 aromatic carbocycles. The second kappa shape index (κ2) is 6.02. The van der Waals surface area contributed by atoms with Crippen LogP contribution in [0.4, 0.5) is 0 Å². The van der Waals surface area contributed by atoms with Gasteiger partial charge in [-0.1, -0.05) is 19.1 Å². The number of nitrogens with zero attached hydrogens (tertiary/aromatic N) is 2. The molecular weight excluding hydrogens is 220 g/mol. The lowest BCUT2D eigenvalue weighted by molar-refractivity contribution is 0.154. The molecule has 0 aromatic heterocycles. The first-order valence-electron chi connectivity index (χ1n) is 6.98. The highest BCUT2D eigenvalue weighted by Gasteiger charge is 2.23. The van der Waals surface area contributed by atoms with Crippen LogP contribution in [0.3, 0.4) is 0 Å². The predicted octanol–water partition coefficient (Wildman–Crippen LogP) is 3.54. The Hall–Kier alpha value is -1.33. The summed E-state index contributed by atoms with van der Waals surface area (Å²) in [6, 6.07) is 11.0. The van der Waals surface area contributed by atoms with Crippen LogP contribution in [0.15, 0.2) is 24.3 Å². The van der Waals surface area contributed by atoms with Crippen molar-refractivity contribution in [3.05, 3.63) is 35.4 Å². The van der Waals surface area contributed by atoms with Crippen molar-refractivity contribution in [2.45, 2.75) is 45.1 Å². The highest BCUT2D eigenvalue weighted by atomic mass is 15.2. The van der Waals surface area contributed by atoms with E-state index in [1.54, 1.807) is 0 Å². The van der Waals surface area contributed by atoms with Crippen LogP contribution < -0.4 is 0 Å². The monoisotopic (exact) mass is 242 g/mol. The third kappa shape index (κ3) is 2.91. The summed E-state index contributed by atoms with van der Waals surface area (Å²) in [5.41, 5.74) is 2.12. The lowest BCUT2D eigenvalue weighted by Crippen LogP contribution is -2.40. The molecule has 0 aliphatic carbocycles. The minimum absolute atomic E-state index is 0.598. The normalized spacial score (nSPS) is 22.4. The van der Waals surface area contributed by atoms with Crippen LogP contribution >= 0.6 is 0 Å². The quantitative estimate of drug-likeness (QED) is 0.810. The summed E-state index contributed by atoms with van der Waals surface area (Å²) in [6.45, 7) is 6.94. The summed E-state index contributed by atoms with van der Waals surface area (Å²) < 4.78 is 0. The van der Waals surface area contributed by atoms with E-state index in [1.165, 1.54) is 31.4 Å². The van der Waals surface area contributed by atoms with Crippen LogP contribution in [0.1, 0.15) is 50.2 Å². The first-order chi connectivity index (χ1) is 8.74. The Bertz CT molecular complexity index is 433. The topological polar surface area (TPSA) is 27.0 Å². The fraction of sp³-hybridized carbons (Fsp3) is 0.562. The van der Waals surface area contributed by atoms with Crippen molar-refractivity contribution >= 4 is 0 Å². The summed E-state index contributed by atoms with van der Waals surface area (Å²) in [6.07, 6.45) is 3.73. The van der Waals surface area contributed by atoms with Gasteiger partial charge in [0.05, 0.1) is 11.6 Å². The Labute approximate surface area is 110 Å². The molecule has 1 aromatic rings. The molecule has 0 radical (unpaired) electrons. The lowest BCUT2D eigenvalue weighted by atomic mass is 9.89. The van der Waals surface area contributed by atoms with E-state index < -0.39 is 0 Å². The third-order valence-corrected chi connectivity index (χ3v) is 4.15. The maximum Gasteiger partial charge on any atom is 0.0991 e. The van der Waals surface area contributed by atoms with E-state index in [0.29, 0.717) is 12.0 Å². The summed E-state index contributed by atoms with van der Waals surface area (Å²) in [5, 5.41) is 8.98. The van der Waals surface area contributed by atoms with Gasteiger partial charge in [-0.3, -0.25) is 0 Å². The summed E-state index contributed by atoms with van der Waals surface area (Å²) in [5.74, 6) is 0.598. The molecule has 2 nitrogen and oxygen atoms in total. The van der Waals surface area contributed by atoms with Crippen LogP contribution in [0.5, 0.6) is 0 Å². The van der Waals surface area contributed by atoms with E-state index in [-0.39, 0.29) is 0 Å². The molecule has 96 valence electrons. The molecule has 18 heavy (non-hydrogen) atoms. The van der Waals surface area contributed by atoms with Gasteiger partial charge in [-0.05, 0) is 56.3 Å². The van der Waals surface area contributed by atoms with E-state index in [2.05, 4.69) is 36.9 Å². The van der Waals surface area contributed by atoms with Gasteiger partial charge in [0.25, 0.3) is 0 Å². The minimum atomic E-state index is 0.598. The molecule has 0 bridgehead atoms. The van der Waals surface area contributed by atoms with Crippen molar-refractivity contribution in [2.24, 2.45) is 0 Å². The predicted molar refractivity (Wildman–Crippen MR) is 74.5 cm³/mol. The zero-order chi connectivity index (χ0) is 13.0. The zero-order valence-corrected chi connectivity index (χ0v) is 11.4. The fourth-order valence-corrected chi connectivity index (χ4v) is 2.80. The lowest BCUT2D eigenvalue weighted by Gasteiger charge is -2.36. The molecule has 1 saturated heterocycles. The second-order valence-corrected chi connectivity index (χ2v) is 5.33. The molecule has 0 unspecified atom stereocenters. The largest absolute Gasteiger partial charge is 0.300 e. The van der Waals surface area contributed by atoms with Crippen LogP contribution in [-0.2, 0) is 0 Å². The van der Waals surface area contributed by atoms with E-state index in [1.807, 2.05) is 12.1 Å². The van der Waals surface area contributed by atoms with Gasteiger partial charge >= 0.3 is 0 Å². The number of hydrogen-bond donors (Lipinski definition) is 0. The molecule has 2 heteroatoms. The van der Waals surface area contributed by atoms with E-state index in [4.69, 9.17) is 5.26 Å². The van der Waals surface area contributed by atoms with Gasteiger partial charge in [0, 0.05) is 12.6 Å². The Morgan fingerprint density at radius 2 is 2.33 bits per heavy atom. The molecular formula is C16H22N2. The van der Waals surface area contributed by atoms with Crippen LogP contribution in [0, 0.1) is 11.3 Å². The van der Waals surface area contributed by atoms with Crippen molar-refractivity contribution in [2.75, 3.05) is 13.1 Å². The molecule has 0 saturated carbocycles. The molecule has 1 heterocycles. The first kappa shape index (κ1) is 13.1. The third-order valence-electron chi connectivity index (χ3n) is 4.15. The molecule has 0 N–H and O–H groups in total. The molecule has 2 rings (SSSR count). The molecule has 1 fully saturated rings. The molecule has 2 atom stereocenters. The second-order valence-electron chi connectivity index (χ2n) is 5.33. The van der Waals surface area contributed by atoms with Gasteiger partial charge in [0.1, 0.15) is 0 Å². The van der Waals surface area contributed by atoms with Crippen molar-refractivity contribution < 1.29 is 0 Å². The number of piperidine rings is 1. The van der Waals surface area contributed by atoms with Crippen LogP contribution in [0.25, 0.3) is 0 Å². The molecule has 1 aliphatic heterocycles.